The number of hydrogen-bond donors (Lipinski definition) is 2. The second-order valence-corrected chi connectivity index (χ2v) is 5.31. The van der Waals surface area contributed by atoms with Gasteiger partial charge in [-0.1, -0.05) is 29.4 Å². The van der Waals surface area contributed by atoms with E-state index < -0.39 is 0 Å². The number of aromatic nitrogens is 4. The van der Waals surface area contributed by atoms with Gasteiger partial charge in [-0.2, -0.15) is 10.1 Å². The maximum Gasteiger partial charge on any atom is 0.276 e. The highest BCUT2D eigenvalue weighted by Crippen LogP contribution is 2.35. The van der Waals surface area contributed by atoms with E-state index in [2.05, 4.69) is 44.6 Å². The van der Waals surface area contributed by atoms with E-state index in [1.54, 1.807) is 6.07 Å². The van der Waals surface area contributed by atoms with Crippen molar-refractivity contribution in [3.8, 4) is 11.6 Å². The molecule has 1 aromatic carbocycles. The van der Waals surface area contributed by atoms with Gasteiger partial charge in [0.25, 0.3) is 5.89 Å². The third kappa shape index (κ3) is 2.08. The minimum Gasteiger partial charge on any atom is -0.382 e. The first-order chi connectivity index (χ1) is 10.3. The molecule has 1 atom stereocenters. The molecule has 0 saturated heterocycles. The third-order valence-corrected chi connectivity index (χ3v) is 3.95. The van der Waals surface area contributed by atoms with E-state index >= 15 is 0 Å². The summed E-state index contributed by atoms with van der Waals surface area (Å²) in [5.74, 6) is 1.77. The molecule has 6 heteroatoms. The molecule has 0 amide bonds. The summed E-state index contributed by atoms with van der Waals surface area (Å²) in [6.45, 7) is 0. The summed E-state index contributed by atoms with van der Waals surface area (Å²) in [5.41, 5.74) is 8.93. The van der Waals surface area contributed by atoms with E-state index in [1.807, 2.05) is 0 Å². The second kappa shape index (κ2) is 4.73. The Morgan fingerprint density at radius 3 is 3.05 bits per heavy atom. The first kappa shape index (κ1) is 12.1. The molecule has 1 unspecified atom stereocenters. The van der Waals surface area contributed by atoms with E-state index in [4.69, 9.17) is 10.3 Å². The lowest BCUT2D eigenvalue weighted by Gasteiger charge is -2.22. The maximum atomic E-state index is 5.60. The number of fused-ring (bicyclic) bond motifs is 1. The van der Waals surface area contributed by atoms with Crippen molar-refractivity contribution >= 4 is 5.82 Å². The molecule has 0 bridgehead atoms. The number of aryl methyl sites for hydroxylation is 1. The smallest absolute Gasteiger partial charge is 0.276 e. The Morgan fingerprint density at radius 1 is 1.29 bits per heavy atom. The summed E-state index contributed by atoms with van der Waals surface area (Å²) in [6, 6.07) is 10.2. The molecule has 1 aliphatic rings. The van der Waals surface area contributed by atoms with Crippen molar-refractivity contribution in [2.75, 3.05) is 5.73 Å². The van der Waals surface area contributed by atoms with Crippen LogP contribution in [-0.4, -0.2) is 20.3 Å². The molecule has 2 aromatic heterocycles. The molecule has 106 valence electrons. The van der Waals surface area contributed by atoms with Gasteiger partial charge in [-0.3, -0.25) is 5.10 Å². The number of anilines is 1. The number of nitrogens with zero attached hydrogens (tertiary/aromatic N) is 3. The lowest BCUT2D eigenvalue weighted by Crippen LogP contribution is -2.12. The monoisotopic (exact) mass is 281 g/mol. The third-order valence-electron chi connectivity index (χ3n) is 3.95. The Hall–Kier alpha value is -2.63. The first-order valence-electron chi connectivity index (χ1n) is 7.04. The van der Waals surface area contributed by atoms with Gasteiger partial charge in [-0.15, -0.1) is 0 Å². The fourth-order valence-electron chi connectivity index (χ4n) is 2.95. The van der Waals surface area contributed by atoms with Crippen molar-refractivity contribution < 1.29 is 4.52 Å². The Kier molecular flexibility index (Phi) is 2.73. The number of H-pyrrole nitrogens is 1. The van der Waals surface area contributed by atoms with Gasteiger partial charge in [0.1, 0.15) is 11.5 Å². The fraction of sp³-hybridized carbons (Fsp3) is 0.267. The number of benzene rings is 1. The van der Waals surface area contributed by atoms with Gasteiger partial charge < -0.3 is 10.3 Å². The zero-order valence-electron chi connectivity index (χ0n) is 11.4. The van der Waals surface area contributed by atoms with Crippen LogP contribution in [0.25, 0.3) is 11.6 Å². The van der Waals surface area contributed by atoms with E-state index in [0.29, 0.717) is 17.4 Å². The Bertz CT molecular complexity index is 776. The van der Waals surface area contributed by atoms with Crippen LogP contribution in [0.4, 0.5) is 5.82 Å². The molecular formula is C15H15N5O. The zero-order valence-corrected chi connectivity index (χ0v) is 11.4. The van der Waals surface area contributed by atoms with Gasteiger partial charge in [-0.05, 0) is 30.4 Å². The van der Waals surface area contributed by atoms with Crippen LogP contribution in [0.5, 0.6) is 0 Å². The van der Waals surface area contributed by atoms with Crippen LogP contribution in [0.3, 0.4) is 0 Å². The zero-order chi connectivity index (χ0) is 14.2. The molecular weight excluding hydrogens is 266 g/mol. The fourth-order valence-corrected chi connectivity index (χ4v) is 2.95. The van der Waals surface area contributed by atoms with Crippen molar-refractivity contribution in [1.82, 2.24) is 20.3 Å². The van der Waals surface area contributed by atoms with E-state index in [0.717, 1.165) is 25.1 Å². The van der Waals surface area contributed by atoms with Crippen LogP contribution in [-0.2, 0) is 6.42 Å². The summed E-state index contributed by atoms with van der Waals surface area (Å²) in [5, 5.41) is 10.8. The average molecular weight is 281 g/mol. The minimum absolute atomic E-state index is 0.202. The van der Waals surface area contributed by atoms with Gasteiger partial charge in [-0.25, -0.2) is 0 Å². The van der Waals surface area contributed by atoms with E-state index in [9.17, 15) is 0 Å². The topological polar surface area (TPSA) is 93.6 Å². The first-order valence-corrected chi connectivity index (χ1v) is 7.04. The number of nitrogens with two attached hydrogens (primary N) is 1. The molecule has 4 rings (SSSR count). The van der Waals surface area contributed by atoms with Crippen molar-refractivity contribution in [3.63, 3.8) is 0 Å². The molecule has 1 aliphatic carbocycles. The highest BCUT2D eigenvalue weighted by molar-refractivity contribution is 5.52. The number of aromatic amines is 1. The van der Waals surface area contributed by atoms with Gasteiger partial charge in [0.15, 0.2) is 5.82 Å². The lowest BCUT2D eigenvalue weighted by molar-refractivity contribution is 0.414. The van der Waals surface area contributed by atoms with Crippen molar-refractivity contribution in [2.45, 2.75) is 25.2 Å². The Balaban J connectivity index is 1.71. The molecule has 6 nitrogen and oxygen atoms in total. The van der Waals surface area contributed by atoms with Crippen LogP contribution >= 0.6 is 0 Å². The number of rotatable bonds is 2. The standard InChI is InChI=1S/C15H15N5O/c16-13-8-12(18-19-13)15-17-14(20-21-15)11-7-3-5-9-4-1-2-6-10(9)11/h1-2,4,6,8,11H,3,5,7H2,(H3,16,18,19). The molecule has 3 N–H and O–H groups in total. The van der Waals surface area contributed by atoms with Crippen LogP contribution in [0, 0.1) is 0 Å². The Morgan fingerprint density at radius 2 is 2.19 bits per heavy atom. The molecule has 0 spiro atoms. The van der Waals surface area contributed by atoms with Crippen LogP contribution < -0.4 is 5.73 Å². The molecule has 0 radical (unpaired) electrons. The predicted octanol–water partition coefficient (Wildman–Crippen LogP) is 2.51. The van der Waals surface area contributed by atoms with Gasteiger partial charge in [0, 0.05) is 12.0 Å². The van der Waals surface area contributed by atoms with Crippen LogP contribution in [0.15, 0.2) is 34.9 Å². The quantitative estimate of drug-likeness (QED) is 0.752. The highest BCUT2D eigenvalue weighted by Gasteiger charge is 2.26. The molecule has 21 heavy (non-hydrogen) atoms. The van der Waals surface area contributed by atoms with Crippen molar-refractivity contribution in [1.29, 1.82) is 0 Å². The number of nitrogens with one attached hydrogen (secondary N) is 1. The minimum atomic E-state index is 0.202. The molecule has 0 aliphatic heterocycles. The van der Waals surface area contributed by atoms with Crippen molar-refractivity contribution in [2.24, 2.45) is 0 Å². The van der Waals surface area contributed by atoms with Crippen LogP contribution in [0.2, 0.25) is 0 Å². The summed E-state index contributed by atoms with van der Waals surface area (Å²) < 4.78 is 5.34. The largest absolute Gasteiger partial charge is 0.382 e. The lowest BCUT2D eigenvalue weighted by atomic mass is 9.82. The SMILES string of the molecule is Nc1cc(-c2nc(C3CCCc4ccccc43)no2)[nH]n1. The van der Waals surface area contributed by atoms with Crippen LogP contribution in [0.1, 0.15) is 35.7 Å². The Labute approximate surface area is 121 Å². The van der Waals surface area contributed by atoms with E-state index in [1.165, 1.54) is 11.1 Å². The van der Waals surface area contributed by atoms with Gasteiger partial charge in [0.2, 0.25) is 0 Å². The van der Waals surface area contributed by atoms with E-state index in [-0.39, 0.29) is 5.92 Å². The van der Waals surface area contributed by atoms with Gasteiger partial charge >= 0.3 is 0 Å². The van der Waals surface area contributed by atoms with Crippen molar-refractivity contribution in [3.05, 3.63) is 47.3 Å². The summed E-state index contributed by atoms with van der Waals surface area (Å²) in [6.07, 6.45) is 3.30. The maximum absolute atomic E-state index is 5.60. The normalized spacial score (nSPS) is 17.6. The number of hydrogen-bond acceptors (Lipinski definition) is 5. The summed E-state index contributed by atoms with van der Waals surface area (Å²) in [4.78, 5) is 4.51. The summed E-state index contributed by atoms with van der Waals surface area (Å²) in [7, 11) is 0. The molecule has 0 saturated carbocycles. The van der Waals surface area contributed by atoms with Gasteiger partial charge in [0.05, 0.1) is 0 Å². The predicted molar refractivity (Wildman–Crippen MR) is 77.5 cm³/mol. The summed E-state index contributed by atoms with van der Waals surface area (Å²) >= 11 is 0. The second-order valence-electron chi connectivity index (χ2n) is 5.31. The molecule has 0 fully saturated rings. The molecule has 2 heterocycles. The average Bonchev–Trinajstić information content (AvgIpc) is 3.15. The highest BCUT2D eigenvalue weighted by atomic mass is 16.5. The number of nitrogen functional groups attached to an aromatic ring is 1. The molecule has 3 aromatic rings.